The molecule has 0 bridgehead atoms. The molecule has 12 heavy (non-hydrogen) atoms. The number of allylic oxidation sites excluding steroid dienone is 3. The molecule has 0 N–H and O–H groups in total. The van der Waals surface area contributed by atoms with Gasteiger partial charge in [-0.05, 0) is 25.7 Å². The Labute approximate surface area is 74.2 Å². The van der Waals surface area contributed by atoms with Crippen LogP contribution in [0.5, 0.6) is 0 Å². The molecule has 0 aromatic rings. The molecule has 1 heteroatoms. The molecule has 0 aromatic carbocycles. The van der Waals surface area contributed by atoms with Gasteiger partial charge in [0.1, 0.15) is 5.78 Å². The van der Waals surface area contributed by atoms with Crippen molar-refractivity contribution in [1.29, 1.82) is 0 Å². The summed E-state index contributed by atoms with van der Waals surface area (Å²) in [5.41, 5.74) is 1.29. The average Bonchev–Trinajstić information content (AvgIpc) is 2.06. The Bertz CT molecular complexity index is 179. The molecule has 0 spiro atoms. The zero-order valence-corrected chi connectivity index (χ0v) is 7.51. The Morgan fingerprint density at radius 2 is 1.75 bits per heavy atom. The van der Waals surface area contributed by atoms with E-state index >= 15 is 0 Å². The lowest BCUT2D eigenvalue weighted by molar-refractivity contribution is -0.118. The number of rotatable bonds is 0. The minimum atomic E-state index is 0.374. The third-order valence-corrected chi connectivity index (χ3v) is 2.15. The van der Waals surface area contributed by atoms with Crippen molar-refractivity contribution in [2.24, 2.45) is 0 Å². The van der Waals surface area contributed by atoms with Crippen molar-refractivity contribution in [2.45, 2.75) is 38.5 Å². The van der Waals surface area contributed by atoms with E-state index in [2.05, 4.69) is 12.7 Å². The molecule has 0 radical (unpaired) electrons. The van der Waals surface area contributed by atoms with Crippen LogP contribution in [0.25, 0.3) is 0 Å². The van der Waals surface area contributed by atoms with Crippen LogP contribution >= 0.6 is 0 Å². The number of carbonyl (C=O) groups is 1. The topological polar surface area (TPSA) is 17.1 Å². The number of hydrogen-bond acceptors (Lipinski definition) is 1. The van der Waals surface area contributed by atoms with E-state index in [4.69, 9.17) is 0 Å². The number of carbonyl (C=O) groups excluding carboxylic acids is 1. The van der Waals surface area contributed by atoms with Crippen molar-refractivity contribution >= 4 is 5.78 Å². The summed E-state index contributed by atoms with van der Waals surface area (Å²) in [6.07, 6.45) is 9.59. The monoisotopic (exact) mass is 164 g/mol. The quantitative estimate of drug-likeness (QED) is 0.503. The van der Waals surface area contributed by atoms with E-state index in [1.165, 1.54) is 5.57 Å². The van der Waals surface area contributed by atoms with Gasteiger partial charge < -0.3 is 0 Å². The van der Waals surface area contributed by atoms with E-state index < -0.39 is 0 Å². The van der Waals surface area contributed by atoms with E-state index in [1.807, 2.05) is 6.08 Å². The number of ketones is 1. The van der Waals surface area contributed by atoms with Crippen molar-refractivity contribution in [3.63, 3.8) is 0 Å². The van der Waals surface area contributed by atoms with E-state index in [9.17, 15) is 4.79 Å². The molecular weight excluding hydrogens is 148 g/mol. The van der Waals surface area contributed by atoms with Crippen molar-refractivity contribution in [2.75, 3.05) is 0 Å². The molecule has 0 fully saturated rings. The summed E-state index contributed by atoms with van der Waals surface area (Å²) in [6.45, 7) is 3.97. The molecule has 0 unspecified atom stereocenters. The maximum absolute atomic E-state index is 11.1. The van der Waals surface area contributed by atoms with Crippen molar-refractivity contribution in [3.05, 3.63) is 24.3 Å². The van der Waals surface area contributed by atoms with Gasteiger partial charge in [-0.3, -0.25) is 4.79 Å². The number of Topliss-reactive ketones (excluding diaryl/α,β-unsaturated/α-hetero) is 1. The lowest BCUT2D eigenvalue weighted by atomic mass is 10.0. The molecule has 0 aliphatic heterocycles. The van der Waals surface area contributed by atoms with Crippen LogP contribution in [0.2, 0.25) is 0 Å². The summed E-state index contributed by atoms with van der Waals surface area (Å²) >= 11 is 0. The van der Waals surface area contributed by atoms with Crippen LogP contribution in [0.15, 0.2) is 24.3 Å². The first-order chi connectivity index (χ1) is 5.79. The highest BCUT2D eigenvalue weighted by Crippen LogP contribution is 2.13. The highest BCUT2D eigenvalue weighted by Gasteiger charge is 2.01. The third-order valence-electron chi connectivity index (χ3n) is 2.15. The molecule has 1 rings (SSSR count). The van der Waals surface area contributed by atoms with Crippen molar-refractivity contribution < 1.29 is 4.79 Å². The van der Waals surface area contributed by atoms with Crippen LogP contribution in [0.3, 0.4) is 0 Å². The molecule has 0 saturated heterocycles. The first kappa shape index (κ1) is 9.24. The molecular formula is C11H16O. The fraction of sp³-hybridized carbons (Fsp3) is 0.545. The van der Waals surface area contributed by atoms with Crippen LogP contribution in [0.4, 0.5) is 0 Å². The molecule has 0 atom stereocenters. The highest BCUT2D eigenvalue weighted by molar-refractivity contribution is 5.79. The van der Waals surface area contributed by atoms with Crippen LogP contribution in [0.1, 0.15) is 38.5 Å². The minimum Gasteiger partial charge on any atom is -0.299 e. The van der Waals surface area contributed by atoms with Crippen molar-refractivity contribution in [1.82, 2.24) is 0 Å². The van der Waals surface area contributed by atoms with Gasteiger partial charge in [0.25, 0.3) is 0 Å². The maximum atomic E-state index is 11.1. The largest absolute Gasteiger partial charge is 0.299 e. The summed E-state index contributed by atoms with van der Waals surface area (Å²) in [7, 11) is 0. The van der Waals surface area contributed by atoms with Crippen LogP contribution in [0, 0.1) is 0 Å². The van der Waals surface area contributed by atoms with Gasteiger partial charge in [-0.2, -0.15) is 0 Å². The minimum absolute atomic E-state index is 0.374. The van der Waals surface area contributed by atoms with Crippen LogP contribution in [-0.4, -0.2) is 5.78 Å². The molecule has 0 amide bonds. The molecule has 0 aromatic heterocycles. The van der Waals surface area contributed by atoms with E-state index in [1.54, 1.807) is 0 Å². The smallest absolute Gasteiger partial charge is 0.136 e. The zero-order valence-electron chi connectivity index (χ0n) is 7.51. The normalized spacial score (nSPS) is 21.0. The summed E-state index contributed by atoms with van der Waals surface area (Å²) < 4.78 is 0. The predicted molar refractivity (Wildman–Crippen MR) is 51.0 cm³/mol. The first-order valence-electron chi connectivity index (χ1n) is 4.62. The second-order valence-electron chi connectivity index (χ2n) is 3.38. The fourth-order valence-electron chi connectivity index (χ4n) is 1.37. The van der Waals surface area contributed by atoms with Gasteiger partial charge in [-0.1, -0.05) is 24.3 Å². The molecule has 1 aliphatic carbocycles. The molecule has 0 heterocycles. The second kappa shape index (κ2) is 4.91. The predicted octanol–water partition coefficient (Wildman–Crippen LogP) is 3.02. The SMILES string of the molecule is C=C1CC=CCC(=O)CCCC1. The first-order valence-corrected chi connectivity index (χ1v) is 4.62. The van der Waals surface area contributed by atoms with Crippen LogP contribution in [-0.2, 0) is 4.79 Å². The van der Waals surface area contributed by atoms with Gasteiger partial charge in [-0.25, -0.2) is 0 Å². The third kappa shape index (κ3) is 3.51. The summed E-state index contributed by atoms with van der Waals surface area (Å²) in [5, 5.41) is 0. The zero-order chi connectivity index (χ0) is 8.81. The molecule has 1 aliphatic rings. The van der Waals surface area contributed by atoms with Crippen molar-refractivity contribution in [3.8, 4) is 0 Å². The van der Waals surface area contributed by atoms with Gasteiger partial charge in [0, 0.05) is 12.8 Å². The lowest BCUT2D eigenvalue weighted by Crippen LogP contribution is -1.96. The highest BCUT2D eigenvalue weighted by atomic mass is 16.1. The van der Waals surface area contributed by atoms with Gasteiger partial charge in [0.05, 0.1) is 0 Å². The summed E-state index contributed by atoms with van der Waals surface area (Å²) in [5.74, 6) is 0.374. The van der Waals surface area contributed by atoms with E-state index in [-0.39, 0.29) is 0 Å². The van der Waals surface area contributed by atoms with Gasteiger partial charge in [-0.15, -0.1) is 0 Å². The Hall–Kier alpha value is -0.850. The molecule has 0 saturated carbocycles. The lowest BCUT2D eigenvalue weighted by Gasteiger charge is -2.04. The molecule has 66 valence electrons. The van der Waals surface area contributed by atoms with Gasteiger partial charge in [0.15, 0.2) is 0 Å². The second-order valence-corrected chi connectivity index (χ2v) is 3.38. The number of hydrogen-bond donors (Lipinski definition) is 0. The Morgan fingerprint density at radius 3 is 2.58 bits per heavy atom. The van der Waals surface area contributed by atoms with Gasteiger partial charge in [0.2, 0.25) is 0 Å². The summed E-state index contributed by atoms with van der Waals surface area (Å²) in [6, 6.07) is 0. The Kier molecular flexibility index (Phi) is 3.78. The summed E-state index contributed by atoms with van der Waals surface area (Å²) in [4.78, 5) is 11.1. The fourth-order valence-corrected chi connectivity index (χ4v) is 1.37. The standard InChI is InChI=1S/C11H16O/c1-10-6-2-4-8-11(12)9-5-3-7-10/h2,4H,1,3,5-9H2. The average molecular weight is 164 g/mol. The van der Waals surface area contributed by atoms with E-state index in [0.717, 1.165) is 32.1 Å². The maximum Gasteiger partial charge on any atom is 0.136 e. The Balaban J connectivity index is 2.44. The Morgan fingerprint density at radius 1 is 1.08 bits per heavy atom. The van der Waals surface area contributed by atoms with Crippen LogP contribution < -0.4 is 0 Å². The van der Waals surface area contributed by atoms with Gasteiger partial charge >= 0.3 is 0 Å². The van der Waals surface area contributed by atoms with E-state index in [0.29, 0.717) is 12.2 Å². The molecule has 1 nitrogen and oxygen atoms in total.